The van der Waals surface area contributed by atoms with E-state index in [2.05, 4.69) is 5.32 Å². The molecule has 0 saturated carbocycles. The second-order valence-electron chi connectivity index (χ2n) is 3.74. The fraction of sp³-hybridized carbons (Fsp3) is 0.455. The van der Waals surface area contributed by atoms with Gasteiger partial charge in [0.2, 0.25) is 0 Å². The van der Waals surface area contributed by atoms with Crippen molar-refractivity contribution in [2.75, 3.05) is 36.2 Å². The lowest BCUT2D eigenvalue weighted by molar-refractivity contribution is 0.416. The fourth-order valence-corrected chi connectivity index (χ4v) is 2.07. The molecular formula is C11H17FN2O3S. The van der Waals surface area contributed by atoms with Crippen molar-refractivity contribution >= 4 is 21.2 Å². The molecule has 0 spiro atoms. The van der Waals surface area contributed by atoms with Gasteiger partial charge in [-0.25, -0.2) is 12.8 Å². The van der Waals surface area contributed by atoms with Crippen LogP contribution < -0.4 is 15.8 Å². The summed E-state index contributed by atoms with van der Waals surface area (Å²) in [6.45, 7) is 1.71. The zero-order valence-electron chi connectivity index (χ0n) is 10.4. The average molecular weight is 276 g/mol. The van der Waals surface area contributed by atoms with Gasteiger partial charge in [0.1, 0.15) is 11.6 Å². The van der Waals surface area contributed by atoms with Gasteiger partial charge in [-0.2, -0.15) is 0 Å². The molecule has 0 aliphatic heterocycles. The Hall–Kier alpha value is -1.50. The van der Waals surface area contributed by atoms with E-state index in [0.29, 0.717) is 5.75 Å². The zero-order chi connectivity index (χ0) is 13.8. The first kappa shape index (κ1) is 14.6. The molecule has 18 heavy (non-hydrogen) atoms. The molecule has 1 aromatic carbocycles. The number of rotatable bonds is 6. The van der Waals surface area contributed by atoms with Gasteiger partial charge in [0.25, 0.3) is 0 Å². The maximum absolute atomic E-state index is 13.5. The smallest absolute Gasteiger partial charge is 0.151 e. The number of hydrogen-bond acceptors (Lipinski definition) is 5. The van der Waals surface area contributed by atoms with Crippen LogP contribution in [-0.2, 0) is 9.84 Å². The summed E-state index contributed by atoms with van der Waals surface area (Å²) in [6, 6.07) is 2.54. The minimum atomic E-state index is -3.07. The Morgan fingerprint density at radius 1 is 1.44 bits per heavy atom. The van der Waals surface area contributed by atoms with Gasteiger partial charge in [-0.15, -0.1) is 0 Å². The van der Waals surface area contributed by atoms with Crippen molar-refractivity contribution in [3.8, 4) is 5.75 Å². The van der Waals surface area contributed by atoms with E-state index < -0.39 is 15.7 Å². The number of ether oxygens (including phenoxy) is 1. The van der Waals surface area contributed by atoms with Crippen LogP contribution in [-0.4, -0.2) is 33.6 Å². The summed E-state index contributed by atoms with van der Waals surface area (Å²) < 4.78 is 41.0. The van der Waals surface area contributed by atoms with E-state index in [4.69, 9.17) is 10.5 Å². The predicted molar refractivity (Wildman–Crippen MR) is 70.2 cm³/mol. The Morgan fingerprint density at radius 2 is 2.11 bits per heavy atom. The molecule has 0 atom stereocenters. The number of nitrogens with one attached hydrogen (secondary N) is 1. The summed E-state index contributed by atoms with van der Waals surface area (Å²) in [4.78, 5) is 0. The Kier molecular flexibility index (Phi) is 4.77. The van der Waals surface area contributed by atoms with Crippen LogP contribution >= 0.6 is 0 Å². The van der Waals surface area contributed by atoms with Gasteiger partial charge in [0.15, 0.2) is 9.84 Å². The molecule has 5 nitrogen and oxygen atoms in total. The molecule has 0 aromatic heterocycles. The van der Waals surface area contributed by atoms with Gasteiger partial charge < -0.3 is 15.8 Å². The van der Waals surface area contributed by atoms with Gasteiger partial charge in [0.05, 0.1) is 24.2 Å². The minimum absolute atomic E-state index is 0.0460. The first-order chi connectivity index (χ1) is 8.39. The molecule has 3 N–H and O–H groups in total. The Balaban J connectivity index is 2.74. The van der Waals surface area contributed by atoms with Crippen LogP contribution in [0.5, 0.6) is 5.75 Å². The van der Waals surface area contributed by atoms with Crippen molar-refractivity contribution < 1.29 is 17.5 Å². The highest BCUT2D eigenvalue weighted by Gasteiger charge is 2.10. The van der Waals surface area contributed by atoms with Crippen LogP contribution in [0, 0.1) is 5.82 Å². The van der Waals surface area contributed by atoms with Crippen LogP contribution in [0.15, 0.2) is 12.1 Å². The van der Waals surface area contributed by atoms with Gasteiger partial charge >= 0.3 is 0 Å². The van der Waals surface area contributed by atoms with Crippen LogP contribution in [0.1, 0.15) is 6.92 Å². The normalized spacial score (nSPS) is 11.3. The number of nitrogens with two attached hydrogens (primary N) is 1. The van der Waals surface area contributed by atoms with Crippen molar-refractivity contribution in [2.24, 2.45) is 0 Å². The summed E-state index contributed by atoms with van der Waals surface area (Å²) in [7, 11) is -1.64. The van der Waals surface area contributed by atoms with Gasteiger partial charge in [0, 0.05) is 24.4 Å². The number of nitrogen functional groups attached to an aromatic ring is 1. The molecule has 0 amide bonds. The third-order valence-electron chi connectivity index (χ3n) is 2.49. The molecule has 102 valence electrons. The summed E-state index contributed by atoms with van der Waals surface area (Å²) >= 11 is 0. The van der Waals surface area contributed by atoms with Crippen molar-refractivity contribution in [3.63, 3.8) is 0 Å². The maximum atomic E-state index is 13.5. The molecule has 1 rings (SSSR count). The first-order valence-electron chi connectivity index (χ1n) is 5.47. The highest BCUT2D eigenvalue weighted by molar-refractivity contribution is 7.91. The van der Waals surface area contributed by atoms with Crippen molar-refractivity contribution in [3.05, 3.63) is 17.9 Å². The van der Waals surface area contributed by atoms with Crippen molar-refractivity contribution in [1.82, 2.24) is 0 Å². The minimum Gasteiger partial charge on any atom is -0.495 e. The highest BCUT2D eigenvalue weighted by atomic mass is 32.2. The second-order valence-corrected chi connectivity index (χ2v) is 6.21. The summed E-state index contributed by atoms with van der Waals surface area (Å²) in [6.07, 6.45) is 0. The molecule has 0 heterocycles. The third kappa shape index (κ3) is 3.76. The van der Waals surface area contributed by atoms with E-state index in [-0.39, 0.29) is 29.4 Å². The fourth-order valence-electron chi connectivity index (χ4n) is 1.37. The SMILES string of the molecule is CCS(=O)(=O)CCNc1cc(OC)c(N)cc1F. The second kappa shape index (κ2) is 5.90. The quantitative estimate of drug-likeness (QED) is 0.765. The van der Waals surface area contributed by atoms with Gasteiger partial charge in [-0.05, 0) is 0 Å². The van der Waals surface area contributed by atoms with Crippen LogP contribution in [0.25, 0.3) is 0 Å². The summed E-state index contributed by atoms with van der Waals surface area (Å²) in [5.74, 6) is -0.169. The molecule has 0 bridgehead atoms. The molecule has 0 aliphatic rings. The number of sulfone groups is 1. The molecule has 1 aromatic rings. The van der Waals surface area contributed by atoms with Crippen LogP contribution in [0.3, 0.4) is 0 Å². The number of halogens is 1. The van der Waals surface area contributed by atoms with Crippen LogP contribution in [0.4, 0.5) is 15.8 Å². The third-order valence-corrected chi connectivity index (χ3v) is 4.19. The lowest BCUT2D eigenvalue weighted by Crippen LogP contribution is -2.17. The maximum Gasteiger partial charge on any atom is 0.151 e. The van der Waals surface area contributed by atoms with Crippen molar-refractivity contribution in [1.29, 1.82) is 0 Å². The molecule has 0 unspecified atom stereocenters. The molecule has 0 radical (unpaired) electrons. The molecule has 7 heteroatoms. The number of hydrogen-bond donors (Lipinski definition) is 2. The molecule has 0 saturated heterocycles. The van der Waals surface area contributed by atoms with Crippen molar-refractivity contribution in [2.45, 2.75) is 6.92 Å². The Morgan fingerprint density at radius 3 is 2.67 bits per heavy atom. The molecule has 0 fully saturated rings. The number of benzene rings is 1. The summed E-state index contributed by atoms with van der Waals surface area (Å²) in [5.41, 5.74) is 5.90. The van der Waals surface area contributed by atoms with E-state index in [1.165, 1.54) is 13.2 Å². The standard InChI is InChI=1S/C11H17FN2O3S/c1-3-18(15,16)5-4-14-10-7-11(17-2)9(13)6-8(10)12/h6-7,14H,3-5,13H2,1-2H3. The largest absolute Gasteiger partial charge is 0.495 e. The Labute approximate surface area is 106 Å². The number of anilines is 2. The highest BCUT2D eigenvalue weighted by Crippen LogP contribution is 2.27. The lowest BCUT2D eigenvalue weighted by Gasteiger charge is -2.11. The predicted octanol–water partition coefficient (Wildman–Crippen LogP) is 1.26. The molecule has 0 aliphatic carbocycles. The van der Waals surface area contributed by atoms with Gasteiger partial charge in [-0.1, -0.05) is 6.92 Å². The molecular weight excluding hydrogens is 259 g/mol. The van der Waals surface area contributed by atoms with E-state index in [0.717, 1.165) is 6.07 Å². The van der Waals surface area contributed by atoms with Gasteiger partial charge in [-0.3, -0.25) is 0 Å². The number of methoxy groups -OCH3 is 1. The topological polar surface area (TPSA) is 81.4 Å². The average Bonchev–Trinajstić information content (AvgIpc) is 2.32. The van der Waals surface area contributed by atoms with E-state index in [1.807, 2.05) is 0 Å². The van der Waals surface area contributed by atoms with E-state index in [9.17, 15) is 12.8 Å². The van der Waals surface area contributed by atoms with Crippen LogP contribution in [0.2, 0.25) is 0 Å². The monoisotopic (exact) mass is 276 g/mol. The Bertz CT molecular complexity index is 517. The van der Waals surface area contributed by atoms with E-state index >= 15 is 0 Å². The lowest BCUT2D eigenvalue weighted by atomic mass is 10.2. The zero-order valence-corrected chi connectivity index (χ0v) is 11.2. The van der Waals surface area contributed by atoms with E-state index in [1.54, 1.807) is 6.92 Å². The first-order valence-corrected chi connectivity index (χ1v) is 7.29. The summed E-state index contributed by atoms with van der Waals surface area (Å²) in [5, 5.41) is 2.72.